The zero-order chi connectivity index (χ0) is 22.5. The zero-order valence-corrected chi connectivity index (χ0v) is 19.7. The van der Waals surface area contributed by atoms with Gasteiger partial charge in [-0.25, -0.2) is 9.97 Å². The lowest BCUT2D eigenvalue weighted by molar-refractivity contribution is -0.131. The largest absolute Gasteiger partial charge is 0.379 e. The molecule has 3 heterocycles. The van der Waals surface area contributed by atoms with E-state index in [-0.39, 0.29) is 11.2 Å². The van der Waals surface area contributed by atoms with Crippen LogP contribution in [0.3, 0.4) is 0 Å². The number of para-hydroxylation sites is 1. The van der Waals surface area contributed by atoms with Crippen molar-refractivity contribution in [1.82, 2.24) is 19.8 Å². The highest BCUT2D eigenvalue weighted by Gasteiger charge is 2.29. The molecule has 0 N–H and O–H groups in total. The number of nitrogens with zero attached hydrogens (tertiary/aromatic N) is 4. The van der Waals surface area contributed by atoms with E-state index in [9.17, 15) is 4.79 Å². The summed E-state index contributed by atoms with van der Waals surface area (Å²) in [6, 6.07) is 18.2. The molecular formula is C26H30N4O2S. The van der Waals surface area contributed by atoms with Crippen molar-refractivity contribution < 1.29 is 9.53 Å². The number of thioether (sulfide) groups is 1. The number of morpholine rings is 1. The van der Waals surface area contributed by atoms with E-state index < -0.39 is 0 Å². The van der Waals surface area contributed by atoms with E-state index in [4.69, 9.17) is 14.7 Å². The Morgan fingerprint density at radius 1 is 0.909 bits per heavy atom. The molecule has 0 bridgehead atoms. The molecule has 33 heavy (non-hydrogen) atoms. The maximum Gasteiger partial charge on any atom is 0.240 e. The second kappa shape index (κ2) is 10.6. The zero-order valence-electron chi connectivity index (χ0n) is 18.9. The predicted octanol–water partition coefficient (Wildman–Crippen LogP) is 4.31. The van der Waals surface area contributed by atoms with Crippen molar-refractivity contribution in [3.63, 3.8) is 0 Å². The van der Waals surface area contributed by atoms with Crippen molar-refractivity contribution in [2.45, 2.75) is 36.1 Å². The highest BCUT2D eigenvalue weighted by molar-refractivity contribution is 8.00. The summed E-state index contributed by atoms with van der Waals surface area (Å²) in [6.07, 6.45) is 3.37. The van der Waals surface area contributed by atoms with Crippen molar-refractivity contribution in [2.24, 2.45) is 0 Å². The molecule has 6 nitrogen and oxygen atoms in total. The first-order chi connectivity index (χ1) is 16.3. The lowest BCUT2D eigenvalue weighted by Crippen LogP contribution is -2.38. The highest BCUT2D eigenvalue weighted by atomic mass is 32.2. The second-order valence-corrected chi connectivity index (χ2v) is 9.74. The maximum absolute atomic E-state index is 13.7. The third kappa shape index (κ3) is 5.37. The fraction of sp³-hybridized carbons (Fsp3) is 0.423. The summed E-state index contributed by atoms with van der Waals surface area (Å²) in [5.41, 5.74) is 1.95. The van der Waals surface area contributed by atoms with Crippen LogP contribution in [0.15, 0.2) is 59.6 Å². The molecule has 0 spiro atoms. The fourth-order valence-corrected chi connectivity index (χ4v) is 5.72. The molecule has 0 aliphatic carbocycles. The summed E-state index contributed by atoms with van der Waals surface area (Å²) in [6.45, 7) is 5.64. The van der Waals surface area contributed by atoms with Gasteiger partial charge in [-0.1, -0.05) is 60.3 Å². The summed E-state index contributed by atoms with van der Waals surface area (Å²) in [5.74, 6) is 0.985. The lowest BCUT2D eigenvalue weighted by Gasteiger charge is -2.30. The van der Waals surface area contributed by atoms with Crippen molar-refractivity contribution >= 4 is 28.6 Å². The van der Waals surface area contributed by atoms with Crippen LogP contribution in [0.5, 0.6) is 0 Å². The minimum absolute atomic E-state index is 0.184. The van der Waals surface area contributed by atoms with Gasteiger partial charge >= 0.3 is 0 Å². The molecule has 172 valence electrons. The topological polar surface area (TPSA) is 58.6 Å². The minimum Gasteiger partial charge on any atom is -0.379 e. The molecule has 2 saturated heterocycles. The number of rotatable bonds is 6. The second-order valence-electron chi connectivity index (χ2n) is 8.65. The first-order valence-electron chi connectivity index (χ1n) is 11.8. The molecule has 5 rings (SSSR count). The van der Waals surface area contributed by atoms with Crippen LogP contribution in [0, 0.1) is 0 Å². The van der Waals surface area contributed by atoms with E-state index >= 15 is 0 Å². The minimum atomic E-state index is -0.321. The van der Waals surface area contributed by atoms with Crippen molar-refractivity contribution in [1.29, 1.82) is 0 Å². The lowest BCUT2D eigenvalue weighted by atomic mass is 10.1. The Labute approximate surface area is 199 Å². The summed E-state index contributed by atoms with van der Waals surface area (Å²) < 4.78 is 5.49. The molecule has 2 aliphatic heterocycles. The van der Waals surface area contributed by atoms with Crippen molar-refractivity contribution in [3.05, 3.63) is 66.0 Å². The average molecular weight is 463 g/mol. The van der Waals surface area contributed by atoms with E-state index in [1.54, 1.807) is 11.8 Å². The monoisotopic (exact) mass is 462 g/mol. The standard InChI is InChI=1S/C26H30N4O2S/c31-26(30-13-7-2-8-14-30)24(20-9-3-1-4-10-20)33-25-21-11-5-6-12-22(21)27-23(28-25)19-29-15-17-32-18-16-29/h1,3-6,9-12,24H,2,7-8,13-19H2/t24-/m1/s1. The first-order valence-corrected chi connectivity index (χ1v) is 12.7. The summed E-state index contributed by atoms with van der Waals surface area (Å²) >= 11 is 1.56. The van der Waals surface area contributed by atoms with Gasteiger partial charge in [0.1, 0.15) is 16.1 Å². The van der Waals surface area contributed by atoms with Crippen molar-refractivity contribution in [3.8, 4) is 0 Å². The Balaban J connectivity index is 1.49. The molecule has 7 heteroatoms. The number of carbonyl (C=O) groups excluding carboxylic acids is 1. The molecule has 1 aromatic heterocycles. The van der Waals surface area contributed by atoms with Gasteiger partial charge in [0.2, 0.25) is 5.91 Å². The third-order valence-electron chi connectivity index (χ3n) is 6.31. The number of piperidine rings is 1. The predicted molar refractivity (Wildman–Crippen MR) is 131 cm³/mol. The molecule has 2 fully saturated rings. The number of ether oxygens (including phenoxy) is 1. The van der Waals surface area contributed by atoms with Crippen LogP contribution in [0.2, 0.25) is 0 Å². The maximum atomic E-state index is 13.7. The van der Waals surface area contributed by atoms with Gasteiger partial charge in [0.05, 0.1) is 25.3 Å². The Kier molecular flexibility index (Phi) is 7.19. The number of aromatic nitrogens is 2. The Bertz CT molecular complexity index is 1080. The van der Waals surface area contributed by atoms with E-state index in [0.29, 0.717) is 6.54 Å². The van der Waals surface area contributed by atoms with Crippen LogP contribution >= 0.6 is 11.8 Å². The normalized spacial score (nSPS) is 18.4. The van der Waals surface area contributed by atoms with E-state index in [1.807, 2.05) is 41.3 Å². The molecule has 0 radical (unpaired) electrons. The van der Waals surface area contributed by atoms with Gasteiger partial charge < -0.3 is 9.64 Å². The summed E-state index contributed by atoms with van der Waals surface area (Å²) in [7, 11) is 0. The summed E-state index contributed by atoms with van der Waals surface area (Å²) in [5, 5.41) is 1.56. The van der Waals surface area contributed by atoms with Gasteiger partial charge in [-0.05, 0) is 30.9 Å². The molecule has 1 atom stereocenters. The number of fused-ring (bicyclic) bond motifs is 1. The van der Waals surface area contributed by atoms with Gasteiger partial charge in [0.15, 0.2) is 0 Å². The van der Waals surface area contributed by atoms with Gasteiger partial charge in [-0.3, -0.25) is 9.69 Å². The molecule has 2 aromatic carbocycles. The first kappa shape index (κ1) is 22.3. The molecular weight excluding hydrogens is 432 g/mol. The number of amides is 1. The van der Waals surface area contributed by atoms with Crippen molar-refractivity contribution in [2.75, 3.05) is 39.4 Å². The fourth-order valence-electron chi connectivity index (χ4n) is 4.49. The quantitative estimate of drug-likeness (QED) is 0.402. The summed E-state index contributed by atoms with van der Waals surface area (Å²) in [4.78, 5) is 27.9. The Morgan fingerprint density at radius 2 is 1.64 bits per heavy atom. The smallest absolute Gasteiger partial charge is 0.240 e. The van der Waals surface area contributed by atoms with Gasteiger partial charge in [0.25, 0.3) is 0 Å². The molecule has 0 saturated carbocycles. The van der Waals surface area contributed by atoms with Gasteiger partial charge in [-0.2, -0.15) is 0 Å². The average Bonchev–Trinajstić information content (AvgIpc) is 2.88. The highest BCUT2D eigenvalue weighted by Crippen LogP contribution is 2.39. The number of carbonyl (C=O) groups is 1. The van der Waals surface area contributed by atoms with E-state index in [0.717, 1.165) is 79.6 Å². The van der Waals surface area contributed by atoms with Gasteiger partial charge in [0, 0.05) is 31.6 Å². The van der Waals surface area contributed by atoms with Crippen LogP contribution in [0.25, 0.3) is 10.9 Å². The number of benzene rings is 2. The van der Waals surface area contributed by atoms with Crippen LogP contribution in [0.4, 0.5) is 0 Å². The molecule has 0 unspecified atom stereocenters. The van der Waals surface area contributed by atoms with Crippen LogP contribution in [-0.4, -0.2) is 65.1 Å². The number of hydrogen-bond acceptors (Lipinski definition) is 6. The van der Waals surface area contributed by atoms with Gasteiger partial charge in [-0.15, -0.1) is 0 Å². The molecule has 1 amide bonds. The Morgan fingerprint density at radius 3 is 2.42 bits per heavy atom. The van der Waals surface area contributed by atoms with Crippen LogP contribution in [0.1, 0.15) is 35.9 Å². The Hall–Kier alpha value is -2.48. The van der Waals surface area contributed by atoms with E-state index in [2.05, 4.69) is 23.1 Å². The van der Waals surface area contributed by atoms with Crippen LogP contribution in [-0.2, 0) is 16.1 Å². The number of hydrogen-bond donors (Lipinski definition) is 0. The third-order valence-corrected chi connectivity index (χ3v) is 7.55. The van der Waals surface area contributed by atoms with Crippen LogP contribution < -0.4 is 0 Å². The molecule has 2 aliphatic rings. The molecule has 3 aromatic rings. The SMILES string of the molecule is O=C([C@H](Sc1nc(CN2CCOCC2)nc2ccccc12)c1ccccc1)N1CCCCC1. The number of likely N-dealkylation sites (tertiary alicyclic amines) is 1. The van der Waals surface area contributed by atoms with E-state index in [1.165, 1.54) is 6.42 Å².